The third-order valence-electron chi connectivity index (χ3n) is 3.09. The molecule has 0 aliphatic carbocycles. The molecule has 7 heteroatoms. The van der Waals surface area contributed by atoms with E-state index in [4.69, 9.17) is 4.74 Å². The second-order valence-corrected chi connectivity index (χ2v) is 5.75. The van der Waals surface area contributed by atoms with Crippen molar-refractivity contribution in [3.8, 4) is 0 Å². The summed E-state index contributed by atoms with van der Waals surface area (Å²) in [4.78, 5) is 5.45. The Hall–Kier alpha value is -1.28. The molecular formula is C14H22N4O2S. The van der Waals surface area contributed by atoms with Gasteiger partial charge in [0.1, 0.15) is 0 Å². The number of ether oxygens (including phenoxy) is 1. The Morgan fingerprint density at radius 2 is 2.43 bits per heavy atom. The van der Waals surface area contributed by atoms with Crippen LogP contribution in [-0.4, -0.2) is 52.3 Å². The average molecular weight is 310 g/mol. The Morgan fingerprint density at radius 1 is 1.52 bits per heavy atom. The van der Waals surface area contributed by atoms with Crippen molar-refractivity contribution in [1.29, 1.82) is 0 Å². The number of nitrogens with one attached hydrogen (secondary N) is 1. The first kappa shape index (κ1) is 16.1. The van der Waals surface area contributed by atoms with Gasteiger partial charge in [-0.15, -0.1) is 11.3 Å². The maximum Gasteiger partial charge on any atom is 0.0897 e. The number of thiazole rings is 1. The number of rotatable bonds is 10. The van der Waals surface area contributed by atoms with Gasteiger partial charge >= 0.3 is 0 Å². The summed E-state index contributed by atoms with van der Waals surface area (Å²) < 4.78 is 7.35. The fourth-order valence-electron chi connectivity index (χ4n) is 1.90. The molecule has 2 heterocycles. The van der Waals surface area contributed by atoms with Crippen LogP contribution in [0.15, 0.2) is 24.0 Å². The fraction of sp³-hybridized carbons (Fsp3) is 0.571. The van der Waals surface area contributed by atoms with Crippen LogP contribution in [0.4, 0.5) is 0 Å². The number of aliphatic hydroxyl groups is 1. The normalized spacial score (nSPS) is 12.7. The summed E-state index contributed by atoms with van der Waals surface area (Å²) in [5.74, 6) is 0. The van der Waals surface area contributed by atoms with Crippen LogP contribution in [0.3, 0.4) is 0 Å². The zero-order chi connectivity index (χ0) is 14.9. The molecule has 0 amide bonds. The summed E-state index contributed by atoms with van der Waals surface area (Å²) in [5, 5.41) is 17.1. The van der Waals surface area contributed by atoms with Gasteiger partial charge in [0.15, 0.2) is 0 Å². The van der Waals surface area contributed by atoms with Gasteiger partial charge in [-0.1, -0.05) is 0 Å². The Kier molecular flexibility index (Phi) is 6.81. The summed E-state index contributed by atoms with van der Waals surface area (Å²) in [6.45, 7) is 5.08. The summed E-state index contributed by atoms with van der Waals surface area (Å²) >= 11 is 1.65. The molecule has 0 radical (unpaired) electrons. The van der Waals surface area contributed by atoms with Gasteiger partial charge < -0.3 is 15.2 Å². The van der Waals surface area contributed by atoms with Crippen molar-refractivity contribution >= 4 is 11.3 Å². The zero-order valence-corrected chi connectivity index (χ0v) is 13.1. The number of aromatic nitrogens is 3. The van der Waals surface area contributed by atoms with Crippen LogP contribution in [0.1, 0.15) is 10.6 Å². The lowest BCUT2D eigenvalue weighted by Crippen LogP contribution is -2.32. The van der Waals surface area contributed by atoms with E-state index in [0.29, 0.717) is 19.8 Å². The third-order valence-corrected chi connectivity index (χ3v) is 4.08. The highest BCUT2D eigenvalue weighted by atomic mass is 32.1. The van der Waals surface area contributed by atoms with E-state index in [2.05, 4.69) is 15.4 Å². The maximum atomic E-state index is 9.80. The molecule has 2 aromatic heterocycles. The molecular weight excluding hydrogens is 288 g/mol. The Morgan fingerprint density at radius 3 is 3.14 bits per heavy atom. The van der Waals surface area contributed by atoms with E-state index in [-0.39, 0.29) is 0 Å². The molecule has 116 valence electrons. The van der Waals surface area contributed by atoms with E-state index in [1.807, 2.05) is 29.4 Å². The SMILES string of the molecule is Cc1ncsc1CCOCC(O)CNCCn1cccn1. The lowest BCUT2D eigenvalue weighted by atomic mass is 10.3. The molecule has 1 atom stereocenters. The molecule has 6 nitrogen and oxygen atoms in total. The molecule has 21 heavy (non-hydrogen) atoms. The molecule has 0 bridgehead atoms. The molecule has 2 N–H and O–H groups in total. The van der Waals surface area contributed by atoms with Crippen LogP contribution in [-0.2, 0) is 17.7 Å². The lowest BCUT2D eigenvalue weighted by molar-refractivity contribution is 0.0385. The van der Waals surface area contributed by atoms with Gasteiger partial charge in [-0.3, -0.25) is 4.68 Å². The van der Waals surface area contributed by atoms with Gasteiger partial charge in [0.2, 0.25) is 0 Å². The molecule has 0 aromatic carbocycles. The van der Waals surface area contributed by atoms with Crippen LogP contribution >= 0.6 is 11.3 Å². The smallest absolute Gasteiger partial charge is 0.0897 e. The van der Waals surface area contributed by atoms with Crippen molar-refractivity contribution in [2.24, 2.45) is 0 Å². The summed E-state index contributed by atoms with van der Waals surface area (Å²) in [5.41, 5.74) is 2.92. The number of aliphatic hydroxyl groups excluding tert-OH is 1. The predicted molar refractivity (Wildman–Crippen MR) is 82.5 cm³/mol. The highest BCUT2D eigenvalue weighted by Crippen LogP contribution is 2.12. The summed E-state index contributed by atoms with van der Waals surface area (Å²) in [6.07, 6.45) is 4.05. The van der Waals surface area contributed by atoms with Crippen molar-refractivity contribution < 1.29 is 9.84 Å². The Bertz CT molecular complexity index is 501. The quantitative estimate of drug-likeness (QED) is 0.637. The van der Waals surface area contributed by atoms with E-state index in [9.17, 15) is 5.11 Å². The van der Waals surface area contributed by atoms with Crippen LogP contribution < -0.4 is 5.32 Å². The van der Waals surface area contributed by atoms with Gasteiger partial charge in [-0.2, -0.15) is 5.10 Å². The topological polar surface area (TPSA) is 72.2 Å². The maximum absolute atomic E-state index is 9.80. The molecule has 0 fully saturated rings. The zero-order valence-electron chi connectivity index (χ0n) is 12.2. The van der Waals surface area contributed by atoms with Crippen LogP contribution in [0, 0.1) is 6.92 Å². The van der Waals surface area contributed by atoms with Gasteiger partial charge in [-0.25, -0.2) is 4.98 Å². The van der Waals surface area contributed by atoms with Gasteiger partial charge in [-0.05, 0) is 13.0 Å². The number of aryl methyl sites for hydroxylation is 1. The minimum Gasteiger partial charge on any atom is -0.389 e. The van der Waals surface area contributed by atoms with Crippen LogP contribution in [0.25, 0.3) is 0 Å². The second kappa shape index (κ2) is 8.89. The predicted octanol–water partition coefficient (Wildman–Crippen LogP) is 0.858. The molecule has 1 unspecified atom stereocenters. The van der Waals surface area contributed by atoms with Crippen molar-refractivity contribution in [2.45, 2.75) is 26.0 Å². The molecule has 2 aromatic rings. The number of hydrogen-bond acceptors (Lipinski definition) is 6. The first-order chi connectivity index (χ1) is 10.3. The van der Waals surface area contributed by atoms with Crippen molar-refractivity contribution in [2.75, 3.05) is 26.3 Å². The monoisotopic (exact) mass is 310 g/mol. The molecule has 0 saturated carbocycles. The minimum absolute atomic E-state index is 0.354. The molecule has 0 aliphatic heterocycles. The van der Waals surface area contributed by atoms with E-state index in [1.54, 1.807) is 17.5 Å². The van der Waals surface area contributed by atoms with E-state index in [1.165, 1.54) is 4.88 Å². The van der Waals surface area contributed by atoms with E-state index >= 15 is 0 Å². The molecule has 0 spiro atoms. The number of hydrogen-bond donors (Lipinski definition) is 2. The largest absolute Gasteiger partial charge is 0.389 e. The average Bonchev–Trinajstić information content (AvgIpc) is 3.12. The van der Waals surface area contributed by atoms with Gasteiger partial charge in [0.25, 0.3) is 0 Å². The van der Waals surface area contributed by atoms with Crippen LogP contribution in [0.2, 0.25) is 0 Å². The van der Waals surface area contributed by atoms with Crippen LogP contribution in [0.5, 0.6) is 0 Å². The van der Waals surface area contributed by atoms with Crippen molar-refractivity contribution in [1.82, 2.24) is 20.1 Å². The molecule has 0 saturated heterocycles. The highest BCUT2D eigenvalue weighted by molar-refractivity contribution is 7.09. The third kappa shape index (κ3) is 5.92. The van der Waals surface area contributed by atoms with E-state index in [0.717, 1.165) is 25.2 Å². The second-order valence-electron chi connectivity index (χ2n) is 4.81. The molecule has 0 aliphatic rings. The molecule has 2 rings (SSSR count). The summed E-state index contributed by atoms with van der Waals surface area (Å²) in [7, 11) is 0. The van der Waals surface area contributed by atoms with E-state index < -0.39 is 6.10 Å². The standard InChI is InChI=1S/C14H22N4O2S/c1-12-14(21-11-16-12)3-8-20-10-13(19)9-15-5-7-18-6-2-4-17-18/h2,4,6,11,13,15,19H,3,5,7-10H2,1H3. The summed E-state index contributed by atoms with van der Waals surface area (Å²) in [6, 6.07) is 1.90. The van der Waals surface area contributed by atoms with Crippen molar-refractivity contribution in [3.05, 3.63) is 34.5 Å². The first-order valence-electron chi connectivity index (χ1n) is 7.08. The van der Waals surface area contributed by atoms with Crippen molar-refractivity contribution in [3.63, 3.8) is 0 Å². The first-order valence-corrected chi connectivity index (χ1v) is 7.96. The fourth-order valence-corrected chi connectivity index (χ4v) is 2.67. The Balaban J connectivity index is 1.47. The highest BCUT2D eigenvalue weighted by Gasteiger charge is 2.05. The lowest BCUT2D eigenvalue weighted by Gasteiger charge is -2.12. The van der Waals surface area contributed by atoms with Gasteiger partial charge in [0, 0.05) is 36.8 Å². The minimum atomic E-state index is -0.481. The Labute approximate surface area is 128 Å². The van der Waals surface area contributed by atoms with Gasteiger partial charge in [0.05, 0.1) is 37.1 Å². The number of nitrogens with zero attached hydrogens (tertiary/aromatic N) is 3.